The van der Waals surface area contributed by atoms with Gasteiger partial charge < -0.3 is 14.8 Å². The number of hydrogen-bond acceptors (Lipinski definition) is 6. The van der Waals surface area contributed by atoms with E-state index in [0.717, 1.165) is 49.7 Å². The first kappa shape index (κ1) is 29.4. The number of thioether (sulfide) groups is 1. The molecule has 0 aliphatic carbocycles. The number of fused-ring (bicyclic) bond motifs is 1. The van der Waals surface area contributed by atoms with Crippen LogP contribution in [-0.2, 0) is 16.2 Å². The van der Waals surface area contributed by atoms with Gasteiger partial charge in [-0.2, -0.15) is 0 Å². The molecule has 0 bridgehead atoms. The van der Waals surface area contributed by atoms with Crippen LogP contribution in [0.4, 0.5) is 10.5 Å². The first-order valence-electron chi connectivity index (χ1n) is 13.2. The molecule has 5 rings (SSSR count). The zero-order valence-corrected chi connectivity index (χ0v) is 26.0. The molecule has 214 valence electrons. The molecule has 1 aliphatic rings. The van der Waals surface area contributed by atoms with Gasteiger partial charge in [0.2, 0.25) is 5.91 Å². The van der Waals surface area contributed by atoms with Crippen molar-refractivity contribution in [1.29, 1.82) is 0 Å². The second-order valence-corrected chi connectivity index (χ2v) is 11.9. The maximum atomic E-state index is 13.1. The van der Waals surface area contributed by atoms with Gasteiger partial charge in [-0.1, -0.05) is 60.2 Å². The van der Waals surface area contributed by atoms with Crippen molar-refractivity contribution in [3.8, 4) is 11.5 Å². The Morgan fingerprint density at radius 3 is 2.45 bits per heavy atom. The third kappa shape index (κ3) is 6.22. The quantitative estimate of drug-likeness (QED) is 0.197. The summed E-state index contributed by atoms with van der Waals surface area (Å²) in [5.41, 5.74) is 5.28. The summed E-state index contributed by atoms with van der Waals surface area (Å²) >= 11 is 4.37. The van der Waals surface area contributed by atoms with E-state index in [1.54, 1.807) is 25.3 Å². The van der Waals surface area contributed by atoms with Gasteiger partial charge in [0, 0.05) is 5.69 Å². The van der Waals surface area contributed by atoms with Crippen LogP contribution in [0.1, 0.15) is 27.8 Å². The zero-order valence-electron chi connectivity index (χ0n) is 23.6. The maximum Gasteiger partial charge on any atom is 0.294 e. The van der Waals surface area contributed by atoms with Gasteiger partial charge in [0.1, 0.15) is 13.2 Å². The number of nitrogens with one attached hydrogen (secondary N) is 1. The van der Waals surface area contributed by atoms with Crippen molar-refractivity contribution in [2.24, 2.45) is 0 Å². The van der Waals surface area contributed by atoms with E-state index in [4.69, 9.17) is 9.47 Å². The topological polar surface area (TPSA) is 84.9 Å². The molecule has 1 saturated heterocycles. The Morgan fingerprint density at radius 2 is 1.71 bits per heavy atom. The summed E-state index contributed by atoms with van der Waals surface area (Å²) in [5.74, 6) is 0.0296. The van der Waals surface area contributed by atoms with Crippen LogP contribution in [0.3, 0.4) is 0 Å². The van der Waals surface area contributed by atoms with Gasteiger partial charge in [0.05, 0.1) is 16.5 Å². The van der Waals surface area contributed by atoms with Gasteiger partial charge in [-0.15, -0.1) is 0 Å². The second-order valence-electron chi connectivity index (χ2n) is 10.1. The van der Waals surface area contributed by atoms with Crippen LogP contribution >= 0.6 is 27.7 Å². The van der Waals surface area contributed by atoms with Crippen molar-refractivity contribution in [3.05, 3.63) is 104 Å². The Kier molecular flexibility index (Phi) is 8.70. The SMILES string of the molecule is COc1cc(/C=C2/SC(=O)N(CC(=O)Nc3c(C)cc(C)cc3C)C2=O)cc(Br)c1OCc1cccc2ccccc12. The number of anilines is 1. The fourth-order valence-electron chi connectivity index (χ4n) is 5.02. The van der Waals surface area contributed by atoms with Crippen LogP contribution in [0.5, 0.6) is 11.5 Å². The minimum absolute atomic E-state index is 0.217. The highest BCUT2D eigenvalue weighted by molar-refractivity contribution is 9.10. The highest BCUT2D eigenvalue weighted by Crippen LogP contribution is 2.40. The average Bonchev–Trinajstić information content (AvgIpc) is 3.21. The molecule has 4 aromatic rings. The molecule has 1 fully saturated rings. The molecule has 0 atom stereocenters. The molecule has 0 spiro atoms. The molecular weight excluding hydrogens is 616 g/mol. The molecule has 0 radical (unpaired) electrons. The number of rotatable bonds is 8. The Morgan fingerprint density at radius 1 is 1.00 bits per heavy atom. The number of aryl methyl sites for hydroxylation is 3. The fraction of sp³-hybridized carbons (Fsp3) is 0.182. The lowest BCUT2D eigenvalue weighted by molar-refractivity contribution is -0.127. The van der Waals surface area contributed by atoms with Crippen LogP contribution in [0, 0.1) is 20.8 Å². The molecule has 4 aromatic carbocycles. The first-order valence-corrected chi connectivity index (χ1v) is 14.9. The lowest BCUT2D eigenvalue weighted by Gasteiger charge is -2.16. The van der Waals surface area contributed by atoms with E-state index in [0.29, 0.717) is 33.8 Å². The van der Waals surface area contributed by atoms with Crippen molar-refractivity contribution in [2.75, 3.05) is 19.0 Å². The van der Waals surface area contributed by atoms with Crippen molar-refractivity contribution in [3.63, 3.8) is 0 Å². The van der Waals surface area contributed by atoms with Gasteiger partial charge in [0.25, 0.3) is 11.1 Å². The molecule has 7 nitrogen and oxygen atoms in total. The van der Waals surface area contributed by atoms with E-state index < -0.39 is 17.1 Å². The maximum absolute atomic E-state index is 13.1. The summed E-state index contributed by atoms with van der Waals surface area (Å²) < 4.78 is 12.4. The summed E-state index contributed by atoms with van der Waals surface area (Å²) in [5, 5.41) is 4.59. The summed E-state index contributed by atoms with van der Waals surface area (Å²) in [6.07, 6.45) is 1.61. The molecule has 9 heteroatoms. The monoisotopic (exact) mass is 644 g/mol. The number of carbonyl (C=O) groups excluding carboxylic acids is 3. The number of nitrogens with zero attached hydrogens (tertiary/aromatic N) is 1. The largest absolute Gasteiger partial charge is 0.493 e. The predicted octanol–water partition coefficient (Wildman–Crippen LogP) is 7.79. The third-order valence-corrected chi connectivity index (χ3v) is 8.41. The summed E-state index contributed by atoms with van der Waals surface area (Å²) in [4.78, 5) is 39.8. The van der Waals surface area contributed by atoms with Gasteiger partial charge in [0.15, 0.2) is 11.5 Å². The smallest absolute Gasteiger partial charge is 0.294 e. The Labute approximate surface area is 257 Å². The van der Waals surface area contributed by atoms with E-state index in [1.165, 1.54) is 0 Å². The molecule has 0 aromatic heterocycles. The second kappa shape index (κ2) is 12.4. The number of benzene rings is 4. The van der Waals surface area contributed by atoms with Crippen LogP contribution < -0.4 is 14.8 Å². The fourth-order valence-corrected chi connectivity index (χ4v) is 6.43. The van der Waals surface area contributed by atoms with Crippen LogP contribution in [-0.4, -0.2) is 35.6 Å². The third-order valence-electron chi connectivity index (χ3n) is 6.92. The van der Waals surface area contributed by atoms with Gasteiger partial charge in [-0.05, 0) is 99.7 Å². The number of hydrogen-bond donors (Lipinski definition) is 1. The summed E-state index contributed by atoms with van der Waals surface area (Å²) in [6, 6.07) is 21.7. The van der Waals surface area contributed by atoms with Crippen molar-refractivity contribution >= 4 is 67.3 Å². The molecule has 0 unspecified atom stereocenters. The number of methoxy groups -OCH3 is 1. The Bertz CT molecular complexity index is 1740. The molecule has 0 saturated carbocycles. The van der Waals surface area contributed by atoms with Crippen molar-refractivity contribution in [2.45, 2.75) is 27.4 Å². The van der Waals surface area contributed by atoms with Gasteiger partial charge in [-0.3, -0.25) is 19.3 Å². The molecule has 3 amide bonds. The highest BCUT2D eigenvalue weighted by Gasteiger charge is 2.36. The van der Waals surface area contributed by atoms with Crippen LogP contribution in [0.15, 0.2) is 76.1 Å². The van der Waals surface area contributed by atoms with E-state index in [-0.39, 0.29) is 11.4 Å². The Balaban J connectivity index is 1.31. The standard InChI is InChI=1S/C33H29BrN2O5S/c1-19-12-20(2)30(21(3)13-19)35-29(37)17-36-32(38)28(42-33(36)39)16-22-14-26(34)31(27(15-22)40-4)41-18-24-10-7-9-23-8-5-6-11-25(23)24/h5-16H,17-18H2,1-4H3,(H,35,37)/b28-16+. The lowest BCUT2D eigenvalue weighted by Crippen LogP contribution is -2.36. The van der Waals surface area contributed by atoms with E-state index in [1.807, 2.05) is 57.2 Å². The van der Waals surface area contributed by atoms with Gasteiger partial charge >= 0.3 is 0 Å². The first-order chi connectivity index (χ1) is 20.1. The zero-order chi connectivity index (χ0) is 30.0. The number of carbonyl (C=O) groups is 3. The number of halogens is 1. The minimum atomic E-state index is -0.524. The van der Waals surface area contributed by atoms with E-state index in [2.05, 4.69) is 39.4 Å². The average molecular weight is 646 g/mol. The van der Waals surface area contributed by atoms with Crippen molar-refractivity contribution < 1.29 is 23.9 Å². The number of ether oxygens (including phenoxy) is 2. The number of amides is 3. The van der Waals surface area contributed by atoms with Crippen molar-refractivity contribution in [1.82, 2.24) is 4.90 Å². The molecular formula is C33H29BrN2O5S. The summed E-state index contributed by atoms with van der Waals surface area (Å²) in [7, 11) is 1.54. The van der Waals surface area contributed by atoms with Crippen LogP contribution in [0.2, 0.25) is 0 Å². The predicted molar refractivity (Wildman–Crippen MR) is 171 cm³/mol. The normalized spacial score (nSPS) is 14.1. The van der Waals surface area contributed by atoms with E-state index >= 15 is 0 Å². The van der Waals surface area contributed by atoms with E-state index in [9.17, 15) is 14.4 Å². The molecule has 1 N–H and O–H groups in total. The molecule has 1 heterocycles. The van der Waals surface area contributed by atoms with Crippen LogP contribution in [0.25, 0.3) is 16.8 Å². The Hall–Kier alpha value is -4.08. The highest BCUT2D eigenvalue weighted by atomic mass is 79.9. The van der Waals surface area contributed by atoms with Gasteiger partial charge in [-0.25, -0.2) is 0 Å². The molecule has 42 heavy (non-hydrogen) atoms. The number of imide groups is 1. The minimum Gasteiger partial charge on any atom is -0.493 e. The molecule has 1 aliphatic heterocycles. The lowest BCUT2D eigenvalue weighted by atomic mass is 10.1. The summed E-state index contributed by atoms with van der Waals surface area (Å²) in [6.45, 7) is 5.76.